The molecule has 0 aliphatic carbocycles. The first kappa shape index (κ1) is 13.8. The lowest BCUT2D eigenvalue weighted by atomic mass is 10.1. The molecule has 1 aromatic carbocycles. The minimum atomic E-state index is -0.394. The molecular formula is C15H17N3O3. The zero-order chi connectivity index (χ0) is 14.7. The molecule has 1 aliphatic rings. The Labute approximate surface area is 122 Å². The first-order valence-corrected chi connectivity index (χ1v) is 7.09. The number of rotatable bonds is 5. The maximum absolute atomic E-state index is 10.7. The zero-order valence-corrected chi connectivity index (χ0v) is 11.6. The van der Waals surface area contributed by atoms with Crippen LogP contribution in [-0.4, -0.2) is 29.7 Å². The van der Waals surface area contributed by atoms with E-state index < -0.39 is 4.92 Å². The van der Waals surface area contributed by atoms with Crippen molar-refractivity contribution < 1.29 is 9.66 Å². The minimum Gasteiger partial charge on any atom is -0.381 e. The monoisotopic (exact) mass is 287 g/mol. The van der Waals surface area contributed by atoms with E-state index in [2.05, 4.69) is 10.3 Å². The van der Waals surface area contributed by atoms with Gasteiger partial charge in [-0.25, -0.2) is 4.98 Å². The van der Waals surface area contributed by atoms with Gasteiger partial charge in [0.1, 0.15) is 5.82 Å². The average Bonchev–Trinajstić information content (AvgIpc) is 3.00. The predicted molar refractivity (Wildman–Crippen MR) is 80.4 cm³/mol. The van der Waals surface area contributed by atoms with Gasteiger partial charge in [-0.15, -0.1) is 0 Å². The number of anilines is 1. The molecule has 0 saturated carbocycles. The summed E-state index contributed by atoms with van der Waals surface area (Å²) in [6, 6.07) is 8.42. The van der Waals surface area contributed by atoms with Crippen LogP contribution in [0.4, 0.5) is 11.5 Å². The van der Waals surface area contributed by atoms with E-state index in [9.17, 15) is 10.1 Å². The van der Waals surface area contributed by atoms with Crippen molar-refractivity contribution in [1.82, 2.24) is 4.98 Å². The Morgan fingerprint density at radius 2 is 2.29 bits per heavy atom. The minimum absolute atomic E-state index is 0.0891. The summed E-state index contributed by atoms with van der Waals surface area (Å²) in [4.78, 5) is 14.8. The van der Waals surface area contributed by atoms with Crippen molar-refractivity contribution in [2.75, 3.05) is 25.1 Å². The predicted octanol–water partition coefficient (Wildman–Crippen LogP) is 2.98. The first-order chi connectivity index (χ1) is 10.2. The van der Waals surface area contributed by atoms with Crippen LogP contribution in [0, 0.1) is 16.0 Å². The second-order valence-corrected chi connectivity index (χ2v) is 5.28. The molecule has 1 fully saturated rings. The third-order valence-corrected chi connectivity index (χ3v) is 3.77. The van der Waals surface area contributed by atoms with E-state index in [1.165, 1.54) is 6.07 Å². The van der Waals surface area contributed by atoms with Crippen LogP contribution in [0.5, 0.6) is 0 Å². The maximum Gasteiger partial charge on any atom is 0.270 e. The third-order valence-electron chi connectivity index (χ3n) is 3.77. The molecule has 1 aliphatic heterocycles. The molecule has 6 heteroatoms. The molecule has 110 valence electrons. The van der Waals surface area contributed by atoms with Crippen molar-refractivity contribution in [3.8, 4) is 0 Å². The molecule has 3 rings (SSSR count). The zero-order valence-electron chi connectivity index (χ0n) is 11.6. The molecule has 0 radical (unpaired) electrons. The van der Waals surface area contributed by atoms with Gasteiger partial charge in [0.25, 0.3) is 5.69 Å². The standard InChI is InChI=1S/C15H17N3O3/c19-18(20)13-2-3-14-12(9-13)1-4-15(17-14)16-7-5-11-6-8-21-10-11/h1-4,9,11H,5-8,10H2,(H,16,17). The Morgan fingerprint density at radius 1 is 1.38 bits per heavy atom. The molecule has 1 unspecified atom stereocenters. The summed E-state index contributed by atoms with van der Waals surface area (Å²) in [5.74, 6) is 1.44. The third kappa shape index (κ3) is 3.28. The van der Waals surface area contributed by atoms with Crippen LogP contribution in [0.2, 0.25) is 0 Å². The van der Waals surface area contributed by atoms with Gasteiger partial charge in [-0.05, 0) is 37.0 Å². The smallest absolute Gasteiger partial charge is 0.270 e. The number of nitro groups is 1. The molecule has 2 aromatic rings. The number of fused-ring (bicyclic) bond motifs is 1. The largest absolute Gasteiger partial charge is 0.381 e. The normalized spacial score (nSPS) is 18.0. The number of pyridine rings is 1. The number of ether oxygens (including phenoxy) is 1. The van der Waals surface area contributed by atoms with Gasteiger partial charge in [-0.2, -0.15) is 0 Å². The van der Waals surface area contributed by atoms with Gasteiger partial charge in [-0.1, -0.05) is 0 Å². The van der Waals surface area contributed by atoms with Crippen LogP contribution in [0.3, 0.4) is 0 Å². The number of hydrogen-bond donors (Lipinski definition) is 1. The Balaban J connectivity index is 1.66. The molecule has 21 heavy (non-hydrogen) atoms. The summed E-state index contributed by atoms with van der Waals surface area (Å²) in [6.07, 6.45) is 2.20. The fraction of sp³-hybridized carbons (Fsp3) is 0.400. The second kappa shape index (κ2) is 6.05. The Hall–Kier alpha value is -2.21. The first-order valence-electron chi connectivity index (χ1n) is 7.09. The number of aromatic nitrogens is 1. The Morgan fingerprint density at radius 3 is 3.05 bits per heavy atom. The fourth-order valence-corrected chi connectivity index (χ4v) is 2.54. The summed E-state index contributed by atoms with van der Waals surface area (Å²) < 4.78 is 5.35. The van der Waals surface area contributed by atoms with Gasteiger partial charge in [-0.3, -0.25) is 10.1 Å². The topological polar surface area (TPSA) is 77.3 Å². The van der Waals surface area contributed by atoms with Crippen LogP contribution < -0.4 is 5.32 Å². The summed E-state index contributed by atoms with van der Waals surface area (Å²) >= 11 is 0. The molecule has 0 amide bonds. The highest BCUT2D eigenvalue weighted by Gasteiger charge is 2.14. The van der Waals surface area contributed by atoms with Gasteiger partial charge in [0.05, 0.1) is 10.4 Å². The van der Waals surface area contributed by atoms with E-state index in [-0.39, 0.29) is 5.69 Å². The van der Waals surface area contributed by atoms with Crippen molar-refractivity contribution in [3.05, 3.63) is 40.4 Å². The molecular weight excluding hydrogens is 270 g/mol. The number of non-ortho nitro benzene ring substituents is 1. The van der Waals surface area contributed by atoms with Gasteiger partial charge in [0.15, 0.2) is 0 Å². The lowest BCUT2D eigenvalue weighted by Gasteiger charge is -2.09. The summed E-state index contributed by atoms with van der Waals surface area (Å²) in [5, 5.41) is 14.8. The summed E-state index contributed by atoms with van der Waals surface area (Å²) in [6.45, 7) is 2.59. The van der Waals surface area contributed by atoms with Crippen LogP contribution in [0.15, 0.2) is 30.3 Å². The van der Waals surface area contributed by atoms with Gasteiger partial charge < -0.3 is 10.1 Å². The second-order valence-electron chi connectivity index (χ2n) is 5.28. The van der Waals surface area contributed by atoms with E-state index in [1.807, 2.05) is 12.1 Å². The van der Waals surface area contributed by atoms with Crippen LogP contribution >= 0.6 is 0 Å². The van der Waals surface area contributed by atoms with Crippen molar-refractivity contribution >= 4 is 22.4 Å². The molecule has 1 N–H and O–H groups in total. The van der Waals surface area contributed by atoms with Crippen LogP contribution in [0.25, 0.3) is 10.9 Å². The van der Waals surface area contributed by atoms with E-state index >= 15 is 0 Å². The number of nitro benzene ring substituents is 1. The molecule has 0 bridgehead atoms. The number of hydrogen-bond acceptors (Lipinski definition) is 5. The molecule has 6 nitrogen and oxygen atoms in total. The SMILES string of the molecule is O=[N+]([O-])c1ccc2nc(NCCC3CCOC3)ccc2c1. The quantitative estimate of drug-likeness (QED) is 0.675. The maximum atomic E-state index is 10.7. The molecule has 1 aromatic heterocycles. The van der Waals surface area contributed by atoms with E-state index in [1.54, 1.807) is 12.1 Å². The summed E-state index contributed by atoms with van der Waals surface area (Å²) in [5.41, 5.74) is 0.848. The molecule has 2 heterocycles. The highest BCUT2D eigenvalue weighted by molar-refractivity contribution is 5.82. The van der Waals surface area contributed by atoms with Crippen molar-refractivity contribution in [2.45, 2.75) is 12.8 Å². The fourth-order valence-electron chi connectivity index (χ4n) is 2.54. The van der Waals surface area contributed by atoms with Gasteiger partial charge in [0.2, 0.25) is 0 Å². The Bertz CT molecular complexity index is 654. The van der Waals surface area contributed by atoms with Crippen LogP contribution in [-0.2, 0) is 4.74 Å². The van der Waals surface area contributed by atoms with E-state index in [0.717, 1.165) is 49.3 Å². The lowest BCUT2D eigenvalue weighted by molar-refractivity contribution is -0.384. The van der Waals surface area contributed by atoms with Crippen molar-refractivity contribution in [2.24, 2.45) is 5.92 Å². The van der Waals surface area contributed by atoms with Crippen LogP contribution in [0.1, 0.15) is 12.8 Å². The molecule has 1 atom stereocenters. The average molecular weight is 287 g/mol. The van der Waals surface area contributed by atoms with Gasteiger partial charge in [0, 0.05) is 37.3 Å². The van der Waals surface area contributed by atoms with Crippen molar-refractivity contribution in [1.29, 1.82) is 0 Å². The number of benzene rings is 1. The van der Waals surface area contributed by atoms with E-state index in [4.69, 9.17) is 4.74 Å². The lowest BCUT2D eigenvalue weighted by Crippen LogP contribution is -2.09. The highest BCUT2D eigenvalue weighted by atomic mass is 16.6. The summed E-state index contributed by atoms with van der Waals surface area (Å²) in [7, 11) is 0. The molecule has 1 saturated heterocycles. The van der Waals surface area contributed by atoms with E-state index in [0.29, 0.717) is 5.92 Å². The molecule has 0 spiro atoms. The van der Waals surface area contributed by atoms with Gasteiger partial charge >= 0.3 is 0 Å². The van der Waals surface area contributed by atoms with Crippen molar-refractivity contribution in [3.63, 3.8) is 0 Å². The Kier molecular flexibility index (Phi) is 3.96. The highest BCUT2D eigenvalue weighted by Crippen LogP contribution is 2.21. The number of nitrogens with one attached hydrogen (secondary N) is 1. The number of nitrogens with zero attached hydrogens (tertiary/aromatic N) is 2.